The zero-order chi connectivity index (χ0) is 5.54. The normalized spacial score (nSPS) is 5.11. The van der Waals surface area contributed by atoms with Crippen LogP contribution in [0, 0.1) is 0 Å². The van der Waals surface area contributed by atoms with Gasteiger partial charge in [0, 0.05) is 12.4 Å². The molecule has 0 aliphatic rings. The van der Waals surface area contributed by atoms with E-state index in [9.17, 15) is 0 Å². The summed E-state index contributed by atoms with van der Waals surface area (Å²) in [5.41, 5.74) is 0. The molecule has 1 rings (SSSR count). The van der Waals surface area contributed by atoms with Crippen LogP contribution in [-0.4, -0.2) is 4.98 Å². The van der Waals surface area contributed by atoms with Gasteiger partial charge in [-0.15, -0.1) is 0 Å². The highest BCUT2D eigenvalue weighted by atomic mass is 19.0. The number of aromatic nitrogens is 1. The van der Waals surface area contributed by atoms with Crippen LogP contribution in [0.2, 0.25) is 0 Å². The van der Waals surface area contributed by atoms with E-state index in [0.29, 0.717) is 0 Å². The van der Waals surface area contributed by atoms with E-state index >= 15 is 0 Å². The number of halogens is 2. The quantitative estimate of drug-likeness (QED) is 0.353. The minimum absolute atomic E-state index is 0. The summed E-state index contributed by atoms with van der Waals surface area (Å²) in [5.74, 6) is 8.00. The van der Waals surface area contributed by atoms with Crippen molar-refractivity contribution in [2.75, 3.05) is 0 Å². The Kier molecular flexibility index (Phi) is 27.4. The van der Waals surface area contributed by atoms with Gasteiger partial charge in [0.05, 0.1) is 0 Å². The monoisotopic (exact) mass is 139 g/mol. The van der Waals surface area contributed by atoms with E-state index in [2.05, 4.69) is 16.7 Å². The van der Waals surface area contributed by atoms with Crippen LogP contribution in [0.5, 0.6) is 0 Å². The van der Waals surface area contributed by atoms with Crippen LogP contribution >= 0.6 is 0 Å². The lowest BCUT2D eigenvalue weighted by atomic mass is 10.7. The van der Waals surface area contributed by atoms with Gasteiger partial charge in [0.15, 0.2) is 0 Å². The fourth-order valence-corrected chi connectivity index (χ4v) is 0.278. The van der Waals surface area contributed by atoms with E-state index < -0.39 is 0 Å². The SMILES string of the molecule is F.F.NN.c1cc[nH]c1. The van der Waals surface area contributed by atoms with Gasteiger partial charge in [-0.25, -0.2) is 0 Å². The first-order chi connectivity index (χ1) is 3.50. The molecule has 0 aliphatic carbocycles. The highest BCUT2D eigenvalue weighted by molar-refractivity contribution is 4.84. The molecule has 0 bridgehead atoms. The number of hydrogen-bond acceptors (Lipinski definition) is 2. The molecule has 0 radical (unpaired) electrons. The fourth-order valence-electron chi connectivity index (χ4n) is 0.278. The van der Waals surface area contributed by atoms with Crippen LogP contribution in [0.25, 0.3) is 0 Å². The van der Waals surface area contributed by atoms with Crippen molar-refractivity contribution in [3.05, 3.63) is 24.5 Å². The molecule has 1 aromatic heterocycles. The lowest BCUT2D eigenvalue weighted by Crippen LogP contribution is -2.02. The van der Waals surface area contributed by atoms with Crippen LogP contribution in [0.4, 0.5) is 9.41 Å². The van der Waals surface area contributed by atoms with Crippen molar-refractivity contribution in [1.82, 2.24) is 4.98 Å². The average Bonchev–Trinajstić information content (AvgIpc) is 2.23. The molecule has 0 saturated heterocycles. The number of hydrogen-bond donors (Lipinski definition) is 3. The largest absolute Gasteiger partial charge is 0.368 e. The van der Waals surface area contributed by atoms with E-state index in [1.54, 1.807) is 0 Å². The topological polar surface area (TPSA) is 67.8 Å². The Balaban J connectivity index is -0.0000000836. The Morgan fingerprint density at radius 2 is 1.22 bits per heavy atom. The molecule has 1 heterocycles. The van der Waals surface area contributed by atoms with Crippen LogP contribution in [0.1, 0.15) is 0 Å². The van der Waals surface area contributed by atoms with Gasteiger partial charge in [-0.2, -0.15) is 0 Å². The van der Waals surface area contributed by atoms with Gasteiger partial charge in [0.2, 0.25) is 0 Å². The number of aromatic amines is 1. The molecule has 0 atom stereocenters. The number of H-pyrrole nitrogens is 1. The smallest absolute Gasteiger partial charge is 0.000496 e. The zero-order valence-corrected chi connectivity index (χ0v) is 4.78. The molecule has 0 amide bonds. The lowest BCUT2D eigenvalue weighted by molar-refractivity contribution is 1.11. The van der Waals surface area contributed by atoms with E-state index in [1.807, 2.05) is 24.5 Å². The molecule has 0 aliphatic heterocycles. The number of nitrogens with two attached hydrogens (primary N) is 2. The fraction of sp³-hybridized carbons (Fsp3) is 0. The molecule has 0 spiro atoms. The third-order valence-corrected chi connectivity index (χ3v) is 0.496. The first-order valence-electron chi connectivity index (χ1n) is 1.91. The Morgan fingerprint density at radius 3 is 1.33 bits per heavy atom. The highest BCUT2D eigenvalue weighted by Gasteiger charge is 1.55. The van der Waals surface area contributed by atoms with Crippen LogP contribution in [0.3, 0.4) is 0 Å². The van der Waals surface area contributed by atoms with Crippen molar-refractivity contribution in [1.29, 1.82) is 0 Å². The van der Waals surface area contributed by atoms with Gasteiger partial charge >= 0.3 is 0 Å². The maximum atomic E-state index is 4.00. The third kappa shape index (κ3) is 11.0. The van der Waals surface area contributed by atoms with E-state index in [-0.39, 0.29) is 9.41 Å². The van der Waals surface area contributed by atoms with Gasteiger partial charge in [-0.05, 0) is 12.1 Å². The van der Waals surface area contributed by atoms with Gasteiger partial charge in [-0.3, -0.25) is 21.1 Å². The first-order valence-corrected chi connectivity index (χ1v) is 1.91. The predicted molar refractivity (Wildman–Crippen MR) is 34.2 cm³/mol. The predicted octanol–water partition coefficient (Wildman–Crippen LogP) is 0.138. The number of hydrazine groups is 1. The maximum Gasteiger partial charge on any atom is 0.000496 e. The standard InChI is InChI=1S/C4H5N.2FH.H4N2/c1-2-4-5-3-1;;;1-2/h1-5H;2*1H;1-2H2. The van der Waals surface area contributed by atoms with Gasteiger partial charge in [0.25, 0.3) is 0 Å². The van der Waals surface area contributed by atoms with Crippen molar-refractivity contribution in [2.45, 2.75) is 0 Å². The van der Waals surface area contributed by atoms with Crippen molar-refractivity contribution < 1.29 is 9.41 Å². The van der Waals surface area contributed by atoms with Crippen molar-refractivity contribution in [2.24, 2.45) is 11.7 Å². The minimum atomic E-state index is 0. The highest BCUT2D eigenvalue weighted by Crippen LogP contribution is 1.72. The summed E-state index contributed by atoms with van der Waals surface area (Å²) in [7, 11) is 0. The van der Waals surface area contributed by atoms with Gasteiger partial charge < -0.3 is 4.98 Å². The van der Waals surface area contributed by atoms with Crippen LogP contribution < -0.4 is 11.7 Å². The molecule has 0 aromatic carbocycles. The van der Waals surface area contributed by atoms with E-state index in [1.165, 1.54) is 0 Å². The van der Waals surface area contributed by atoms with Gasteiger partial charge in [0.1, 0.15) is 0 Å². The molecule has 5 heteroatoms. The molecule has 0 fully saturated rings. The molecule has 9 heavy (non-hydrogen) atoms. The third-order valence-electron chi connectivity index (χ3n) is 0.496. The van der Waals surface area contributed by atoms with E-state index in [4.69, 9.17) is 0 Å². The Hall–Kier alpha value is -0.940. The molecule has 5 N–H and O–H groups in total. The summed E-state index contributed by atoms with van der Waals surface area (Å²) >= 11 is 0. The molecule has 3 nitrogen and oxygen atoms in total. The van der Waals surface area contributed by atoms with Crippen LogP contribution in [0.15, 0.2) is 24.5 Å². The Bertz CT molecular complexity index is 70.3. The average molecular weight is 139 g/mol. The van der Waals surface area contributed by atoms with Crippen LogP contribution in [-0.2, 0) is 0 Å². The second-order valence-electron chi connectivity index (χ2n) is 0.885. The summed E-state index contributed by atoms with van der Waals surface area (Å²) in [6, 6.07) is 3.89. The Morgan fingerprint density at radius 1 is 0.889 bits per heavy atom. The molecule has 0 unspecified atom stereocenters. The molecule has 1 aromatic rings. The second-order valence-corrected chi connectivity index (χ2v) is 0.885. The number of nitrogens with one attached hydrogen (secondary N) is 1. The maximum absolute atomic E-state index is 4.00. The Labute approximate surface area is 51.8 Å². The lowest BCUT2D eigenvalue weighted by Gasteiger charge is -1.49. The van der Waals surface area contributed by atoms with Crippen molar-refractivity contribution >= 4 is 0 Å². The van der Waals surface area contributed by atoms with Crippen molar-refractivity contribution in [3.63, 3.8) is 0 Å². The second kappa shape index (κ2) is 15.7. The molecule has 0 saturated carbocycles. The molecular weight excluding hydrogens is 128 g/mol. The van der Waals surface area contributed by atoms with E-state index in [0.717, 1.165) is 0 Å². The minimum Gasteiger partial charge on any atom is -0.368 e. The summed E-state index contributed by atoms with van der Waals surface area (Å²) < 4.78 is 0. The zero-order valence-electron chi connectivity index (χ0n) is 4.78. The number of rotatable bonds is 0. The molecular formula is C4H11F2N3. The molecule has 56 valence electrons. The van der Waals surface area contributed by atoms with Crippen molar-refractivity contribution in [3.8, 4) is 0 Å². The van der Waals surface area contributed by atoms with Gasteiger partial charge in [-0.1, -0.05) is 0 Å². The summed E-state index contributed by atoms with van der Waals surface area (Å²) in [6.07, 6.45) is 3.75. The summed E-state index contributed by atoms with van der Waals surface area (Å²) in [5, 5.41) is 0. The summed E-state index contributed by atoms with van der Waals surface area (Å²) in [4.78, 5) is 2.86. The first kappa shape index (κ1) is 15.7. The summed E-state index contributed by atoms with van der Waals surface area (Å²) in [6.45, 7) is 0.